The summed E-state index contributed by atoms with van der Waals surface area (Å²) in [6.45, 7) is 5.25. The van der Waals surface area contributed by atoms with Crippen LogP contribution in [0.5, 0.6) is 0 Å². The van der Waals surface area contributed by atoms with Crippen molar-refractivity contribution in [3.05, 3.63) is 53.2 Å². The highest BCUT2D eigenvalue weighted by Crippen LogP contribution is 2.29. The molecule has 1 aromatic carbocycles. The fourth-order valence-corrected chi connectivity index (χ4v) is 3.15. The number of nitrogens with zero attached hydrogens (tertiary/aromatic N) is 2. The van der Waals surface area contributed by atoms with E-state index < -0.39 is 10.0 Å². The highest BCUT2D eigenvalue weighted by atomic mass is 32.2. The second kappa shape index (κ2) is 7.85. The molecule has 0 aliphatic rings. The van der Waals surface area contributed by atoms with Crippen molar-refractivity contribution in [2.75, 3.05) is 10.5 Å². The quantitative estimate of drug-likeness (QED) is 0.555. The van der Waals surface area contributed by atoms with Crippen LogP contribution in [0.4, 0.5) is 5.69 Å². The van der Waals surface area contributed by atoms with E-state index in [-0.39, 0.29) is 29.8 Å². The Hall–Kier alpha value is -3.14. The van der Waals surface area contributed by atoms with Gasteiger partial charge in [-0.05, 0) is 39.0 Å². The van der Waals surface area contributed by atoms with Crippen molar-refractivity contribution in [1.82, 2.24) is 20.5 Å². The maximum absolute atomic E-state index is 12.1. The van der Waals surface area contributed by atoms with Crippen LogP contribution >= 0.6 is 0 Å². The molecule has 0 saturated heterocycles. The maximum atomic E-state index is 12.1. The highest BCUT2D eigenvalue weighted by Gasteiger charge is 2.18. The highest BCUT2D eigenvalue weighted by molar-refractivity contribution is 7.92. The number of para-hydroxylation sites is 1. The van der Waals surface area contributed by atoms with Crippen molar-refractivity contribution in [1.29, 1.82) is 0 Å². The summed E-state index contributed by atoms with van der Waals surface area (Å²) in [4.78, 5) is 16.6. The molecule has 9 nitrogen and oxygen atoms in total. The average molecular weight is 403 g/mol. The number of aryl methyl sites for hydroxylation is 2. The number of anilines is 1. The number of hydrogen-bond donors (Lipinski definition) is 3. The molecule has 28 heavy (non-hydrogen) atoms. The van der Waals surface area contributed by atoms with E-state index in [4.69, 9.17) is 4.42 Å². The molecule has 1 amide bonds. The lowest BCUT2D eigenvalue weighted by atomic mass is 10.2. The second-order valence-corrected chi connectivity index (χ2v) is 8.20. The molecule has 0 saturated carbocycles. The van der Waals surface area contributed by atoms with E-state index in [2.05, 4.69) is 25.2 Å². The smallest absolute Gasteiger partial charge is 0.272 e. The van der Waals surface area contributed by atoms with Gasteiger partial charge in [0.2, 0.25) is 15.9 Å². The van der Waals surface area contributed by atoms with Gasteiger partial charge >= 0.3 is 0 Å². The number of carbonyl (C=O) groups excluding carboxylic acids is 1. The molecule has 3 N–H and O–H groups in total. The first-order valence-electron chi connectivity index (χ1n) is 8.65. The van der Waals surface area contributed by atoms with Gasteiger partial charge in [-0.2, -0.15) is 5.10 Å². The molecule has 0 radical (unpaired) electrons. The number of carbonyl (C=O) groups is 1. The van der Waals surface area contributed by atoms with Gasteiger partial charge < -0.3 is 9.73 Å². The van der Waals surface area contributed by atoms with Crippen molar-refractivity contribution in [2.45, 2.75) is 27.3 Å². The van der Waals surface area contributed by atoms with Crippen molar-refractivity contribution in [3.8, 4) is 11.5 Å². The zero-order valence-corrected chi connectivity index (χ0v) is 16.6. The third-order valence-electron chi connectivity index (χ3n) is 4.05. The van der Waals surface area contributed by atoms with Gasteiger partial charge in [0.05, 0.1) is 23.5 Å². The van der Waals surface area contributed by atoms with Crippen molar-refractivity contribution in [2.24, 2.45) is 0 Å². The van der Waals surface area contributed by atoms with Crippen molar-refractivity contribution in [3.63, 3.8) is 0 Å². The van der Waals surface area contributed by atoms with Crippen LogP contribution in [0, 0.1) is 13.8 Å². The Bertz CT molecular complexity index is 1100. The van der Waals surface area contributed by atoms with Crippen LogP contribution in [0.15, 0.2) is 34.7 Å². The number of amides is 1. The standard InChI is InChI=1S/C18H21N5O4S/c1-4-28(25,26)23-14-8-6-5-7-13(14)18-20-16(12(3)27-18)10-19-17(24)15-9-11(2)21-22-15/h5-9,23H,4,10H2,1-3H3,(H,19,24)(H,21,22). The molecule has 3 rings (SSSR count). The largest absolute Gasteiger partial charge is 0.441 e. The lowest BCUT2D eigenvalue weighted by Crippen LogP contribution is -2.23. The molecule has 0 fully saturated rings. The minimum Gasteiger partial charge on any atom is -0.441 e. The molecule has 0 aliphatic heterocycles. The molecule has 0 bridgehead atoms. The van der Waals surface area contributed by atoms with Gasteiger partial charge in [-0.1, -0.05) is 12.1 Å². The van der Waals surface area contributed by atoms with Crippen LogP contribution in [0.25, 0.3) is 11.5 Å². The van der Waals surface area contributed by atoms with Crippen molar-refractivity contribution >= 4 is 21.6 Å². The first kappa shape index (κ1) is 19.6. The molecule has 3 aromatic rings. The molecule has 2 aromatic heterocycles. The number of H-pyrrole nitrogens is 1. The monoisotopic (exact) mass is 403 g/mol. The number of benzene rings is 1. The summed E-state index contributed by atoms with van der Waals surface area (Å²) in [5.74, 6) is 0.424. The summed E-state index contributed by atoms with van der Waals surface area (Å²) >= 11 is 0. The van der Waals surface area contributed by atoms with E-state index >= 15 is 0 Å². The zero-order valence-electron chi connectivity index (χ0n) is 15.7. The SMILES string of the molecule is CCS(=O)(=O)Nc1ccccc1-c1nc(CNC(=O)c2cc(C)[nH]n2)c(C)o1. The maximum Gasteiger partial charge on any atom is 0.272 e. The summed E-state index contributed by atoms with van der Waals surface area (Å²) in [5.41, 5.74) is 2.52. The number of hydrogen-bond acceptors (Lipinski definition) is 6. The van der Waals surface area contributed by atoms with E-state index in [0.29, 0.717) is 22.7 Å². The molecular weight excluding hydrogens is 382 g/mol. The van der Waals surface area contributed by atoms with Crippen LogP contribution in [0.2, 0.25) is 0 Å². The fraction of sp³-hybridized carbons (Fsp3) is 0.278. The zero-order chi connectivity index (χ0) is 20.3. The molecule has 148 valence electrons. The topological polar surface area (TPSA) is 130 Å². The summed E-state index contributed by atoms with van der Waals surface area (Å²) in [6.07, 6.45) is 0. The molecule has 10 heteroatoms. The van der Waals surface area contributed by atoms with E-state index in [1.165, 1.54) is 0 Å². The molecule has 0 spiro atoms. The summed E-state index contributed by atoms with van der Waals surface area (Å²) in [7, 11) is -3.44. The van der Waals surface area contributed by atoms with Gasteiger partial charge in [-0.25, -0.2) is 13.4 Å². The van der Waals surface area contributed by atoms with Crippen LogP contribution < -0.4 is 10.0 Å². The Morgan fingerprint density at radius 3 is 2.68 bits per heavy atom. The summed E-state index contributed by atoms with van der Waals surface area (Å²) in [5, 5.41) is 9.36. The fourth-order valence-electron chi connectivity index (χ4n) is 2.49. The molecule has 0 unspecified atom stereocenters. The lowest BCUT2D eigenvalue weighted by Gasteiger charge is -2.09. The Morgan fingerprint density at radius 1 is 1.25 bits per heavy atom. The Morgan fingerprint density at radius 2 is 2.00 bits per heavy atom. The van der Waals surface area contributed by atoms with E-state index in [1.807, 2.05) is 6.92 Å². The first-order valence-corrected chi connectivity index (χ1v) is 10.3. The van der Waals surface area contributed by atoms with E-state index in [1.54, 1.807) is 44.2 Å². The Balaban J connectivity index is 1.80. The second-order valence-electron chi connectivity index (χ2n) is 6.19. The first-order chi connectivity index (χ1) is 13.3. The predicted molar refractivity (Wildman–Crippen MR) is 104 cm³/mol. The molecule has 0 atom stereocenters. The number of sulfonamides is 1. The normalized spacial score (nSPS) is 11.4. The van der Waals surface area contributed by atoms with Gasteiger partial charge in [-0.3, -0.25) is 14.6 Å². The van der Waals surface area contributed by atoms with E-state index in [0.717, 1.165) is 5.69 Å². The minimum absolute atomic E-state index is 0.0457. The minimum atomic E-state index is -3.44. The third-order valence-corrected chi connectivity index (χ3v) is 5.34. The Labute approximate surface area is 162 Å². The van der Waals surface area contributed by atoms with Gasteiger partial charge in [-0.15, -0.1) is 0 Å². The van der Waals surface area contributed by atoms with Gasteiger partial charge in [0, 0.05) is 5.69 Å². The van der Waals surface area contributed by atoms with E-state index in [9.17, 15) is 13.2 Å². The average Bonchev–Trinajstić information content (AvgIpc) is 3.25. The predicted octanol–water partition coefficient (Wildman–Crippen LogP) is 2.37. The molecule has 0 aliphatic carbocycles. The number of nitrogens with one attached hydrogen (secondary N) is 3. The third kappa shape index (κ3) is 4.39. The van der Waals surface area contributed by atoms with Crippen LogP contribution in [0.3, 0.4) is 0 Å². The van der Waals surface area contributed by atoms with Crippen LogP contribution in [-0.4, -0.2) is 35.3 Å². The Kier molecular flexibility index (Phi) is 5.50. The number of aromatic amines is 1. The number of rotatable bonds is 7. The van der Waals surface area contributed by atoms with Gasteiger partial charge in [0.15, 0.2) is 0 Å². The molecule has 2 heterocycles. The lowest BCUT2D eigenvalue weighted by molar-refractivity contribution is 0.0945. The van der Waals surface area contributed by atoms with Crippen LogP contribution in [0.1, 0.15) is 34.6 Å². The van der Waals surface area contributed by atoms with Crippen molar-refractivity contribution < 1.29 is 17.6 Å². The summed E-state index contributed by atoms with van der Waals surface area (Å²) in [6, 6.07) is 8.49. The summed E-state index contributed by atoms with van der Waals surface area (Å²) < 4.78 is 32.1. The van der Waals surface area contributed by atoms with Crippen LogP contribution in [-0.2, 0) is 16.6 Å². The van der Waals surface area contributed by atoms with Gasteiger partial charge in [0.1, 0.15) is 17.1 Å². The van der Waals surface area contributed by atoms with Gasteiger partial charge in [0.25, 0.3) is 5.91 Å². The molecular formula is C18H21N5O4S. The number of oxazole rings is 1. The number of aromatic nitrogens is 3.